The molecule has 0 aliphatic carbocycles. The Morgan fingerprint density at radius 1 is 1.43 bits per heavy atom. The molecule has 78 valence electrons. The summed E-state index contributed by atoms with van der Waals surface area (Å²) in [6.07, 6.45) is 3.49. The normalized spacial score (nSPS) is 10.6. The Balaban J connectivity index is 2.82. The molecule has 1 rings (SSSR count). The molecule has 5 heteroatoms. The van der Waals surface area contributed by atoms with Crippen LogP contribution in [0.3, 0.4) is 0 Å². The molecule has 0 fully saturated rings. The van der Waals surface area contributed by atoms with Gasteiger partial charge in [-0.1, -0.05) is 0 Å². The Hall–Kier alpha value is -0.680. The van der Waals surface area contributed by atoms with Gasteiger partial charge in [-0.15, -0.1) is 0 Å². The van der Waals surface area contributed by atoms with Crippen molar-refractivity contribution >= 4 is 21.9 Å². The number of anilines is 1. The van der Waals surface area contributed by atoms with Gasteiger partial charge in [0.05, 0.1) is 4.47 Å². The minimum absolute atomic E-state index is 0.361. The predicted octanol–water partition coefficient (Wildman–Crippen LogP) is 1.41. The molecular weight excluding hydrogens is 244 g/mol. The summed E-state index contributed by atoms with van der Waals surface area (Å²) in [6, 6.07) is 0.361. The molecular formula is C9H15BrN4. The van der Waals surface area contributed by atoms with E-state index in [4.69, 9.17) is 5.73 Å². The Kier molecular flexibility index (Phi) is 4.28. The van der Waals surface area contributed by atoms with Gasteiger partial charge in [0.25, 0.3) is 0 Å². The molecule has 0 spiro atoms. The summed E-state index contributed by atoms with van der Waals surface area (Å²) in [5.41, 5.74) is 5.53. The van der Waals surface area contributed by atoms with Crippen LogP contribution < -0.4 is 10.6 Å². The van der Waals surface area contributed by atoms with Crippen molar-refractivity contribution in [3.63, 3.8) is 0 Å². The van der Waals surface area contributed by atoms with Crippen molar-refractivity contribution in [1.29, 1.82) is 0 Å². The molecule has 1 aromatic rings. The van der Waals surface area contributed by atoms with Crippen LogP contribution in [0.5, 0.6) is 0 Å². The van der Waals surface area contributed by atoms with Gasteiger partial charge >= 0.3 is 0 Å². The first-order valence-corrected chi connectivity index (χ1v) is 5.38. The summed E-state index contributed by atoms with van der Waals surface area (Å²) in [6.45, 7) is 5.58. The van der Waals surface area contributed by atoms with E-state index in [0.29, 0.717) is 12.6 Å². The SMILES string of the molecule is CC(C)N(CCN)c1ncc(Br)cn1. The van der Waals surface area contributed by atoms with Crippen LogP contribution in [0.15, 0.2) is 16.9 Å². The highest BCUT2D eigenvalue weighted by molar-refractivity contribution is 9.10. The van der Waals surface area contributed by atoms with Gasteiger partial charge in [-0.25, -0.2) is 9.97 Å². The van der Waals surface area contributed by atoms with E-state index in [9.17, 15) is 0 Å². The maximum absolute atomic E-state index is 5.53. The molecule has 14 heavy (non-hydrogen) atoms. The van der Waals surface area contributed by atoms with Crippen LogP contribution in [-0.4, -0.2) is 29.1 Å². The highest BCUT2D eigenvalue weighted by Crippen LogP contribution is 2.12. The van der Waals surface area contributed by atoms with E-state index in [-0.39, 0.29) is 0 Å². The summed E-state index contributed by atoms with van der Waals surface area (Å²) in [5, 5.41) is 0. The number of nitrogens with zero attached hydrogens (tertiary/aromatic N) is 3. The lowest BCUT2D eigenvalue weighted by atomic mass is 10.3. The minimum atomic E-state index is 0.361. The van der Waals surface area contributed by atoms with Crippen molar-refractivity contribution in [1.82, 2.24) is 9.97 Å². The highest BCUT2D eigenvalue weighted by Gasteiger charge is 2.11. The standard InChI is InChI=1S/C9H15BrN4/c1-7(2)14(4-3-11)9-12-5-8(10)6-13-9/h5-7H,3-4,11H2,1-2H3. The Bertz CT molecular complexity index is 273. The van der Waals surface area contributed by atoms with Gasteiger partial charge in [-0.3, -0.25) is 0 Å². The minimum Gasteiger partial charge on any atom is -0.337 e. The largest absolute Gasteiger partial charge is 0.337 e. The second kappa shape index (κ2) is 5.26. The van der Waals surface area contributed by atoms with Crippen LogP contribution in [0, 0.1) is 0 Å². The van der Waals surface area contributed by atoms with Crippen molar-refractivity contribution in [2.45, 2.75) is 19.9 Å². The van der Waals surface area contributed by atoms with Gasteiger partial charge in [-0.2, -0.15) is 0 Å². The zero-order chi connectivity index (χ0) is 10.6. The second-order valence-electron chi connectivity index (χ2n) is 3.28. The fourth-order valence-corrected chi connectivity index (χ4v) is 1.39. The van der Waals surface area contributed by atoms with Gasteiger partial charge in [0.1, 0.15) is 0 Å². The molecule has 0 aromatic carbocycles. The molecule has 0 aliphatic rings. The zero-order valence-electron chi connectivity index (χ0n) is 8.44. The first kappa shape index (κ1) is 11.4. The van der Waals surface area contributed by atoms with Crippen LogP contribution in [0.2, 0.25) is 0 Å². The summed E-state index contributed by atoms with van der Waals surface area (Å²) in [7, 11) is 0. The number of aromatic nitrogens is 2. The Morgan fingerprint density at radius 2 is 2.00 bits per heavy atom. The van der Waals surface area contributed by atoms with E-state index in [1.807, 2.05) is 0 Å². The molecule has 0 unspecified atom stereocenters. The lowest BCUT2D eigenvalue weighted by Crippen LogP contribution is -2.36. The molecule has 1 heterocycles. The number of nitrogens with two attached hydrogens (primary N) is 1. The molecule has 0 amide bonds. The number of halogens is 1. The van der Waals surface area contributed by atoms with Crippen LogP contribution >= 0.6 is 15.9 Å². The maximum atomic E-state index is 5.53. The van der Waals surface area contributed by atoms with Crippen molar-refractivity contribution in [3.05, 3.63) is 16.9 Å². The third-order valence-electron chi connectivity index (χ3n) is 1.86. The molecule has 2 N–H and O–H groups in total. The monoisotopic (exact) mass is 258 g/mol. The quantitative estimate of drug-likeness (QED) is 0.888. The highest BCUT2D eigenvalue weighted by atomic mass is 79.9. The van der Waals surface area contributed by atoms with Gasteiger partial charge in [0.2, 0.25) is 5.95 Å². The molecule has 1 aromatic heterocycles. The topological polar surface area (TPSA) is 55.0 Å². The van der Waals surface area contributed by atoms with E-state index in [1.54, 1.807) is 12.4 Å². The summed E-state index contributed by atoms with van der Waals surface area (Å²) in [4.78, 5) is 10.5. The van der Waals surface area contributed by atoms with E-state index >= 15 is 0 Å². The van der Waals surface area contributed by atoms with Crippen LogP contribution in [0.1, 0.15) is 13.8 Å². The molecule has 0 atom stereocenters. The van der Waals surface area contributed by atoms with Crippen molar-refractivity contribution in [2.24, 2.45) is 5.73 Å². The summed E-state index contributed by atoms with van der Waals surface area (Å²) in [5.74, 6) is 0.730. The average molecular weight is 259 g/mol. The van der Waals surface area contributed by atoms with Crippen molar-refractivity contribution in [3.8, 4) is 0 Å². The lowest BCUT2D eigenvalue weighted by molar-refractivity contribution is 0.663. The fraction of sp³-hybridized carbons (Fsp3) is 0.556. The molecule has 4 nitrogen and oxygen atoms in total. The molecule has 0 bridgehead atoms. The van der Waals surface area contributed by atoms with Crippen molar-refractivity contribution in [2.75, 3.05) is 18.0 Å². The number of rotatable bonds is 4. The van der Waals surface area contributed by atoms with Crippen LogP contribution in [-0.2, 0) is 0 Å². The third-order valence-corrected chi connectivity index (χ3v) is 2.27. The first-order chi connectivity index (χ1) is 6.65. The molecule has 0 saturated heterocycles. The van der Waals surface area contributed by atoms with E-state index in [1.165, 1.54) is 0 Å². The van der Waals surface area contributed by atoms with Gasteiger partial charge in [-0.05, 0) is 29.8 Å². The van der Waals surface area contributed by atoms with E-state index in [2.05, 4.69) is 44.6 Å². The predicted molar refractivity (Wildman–Crippen MR) is 61.3 cm³/mol. The van der Waals surface area contributed by atoms with Gasteiger partial charge in [0.15, 0.2) is 0 Å². The lowest BCUT2D eigenvalue weighted by Gasteiger charge is -2.25. The molecule has 0 saturated carbocycles. The summed E-state index contributed by atoms with van der Waals surface area (Å²) >= 11 is 3.30. The fourth-order valence-electron chi connectivity index (χ4n) is 1.18. The third kappa shape index (κ3) is 2.92. The van der Waals surface area contributed by atoms with Gasteiger partial charge < -0.3 is 10.6 Å². The van der Waals surface area contributed by atoms with Crippen LogP contribution in [0.25, 0.3) is 0 Å². The Morgan fingerprint density at radius 3 is 2.43 bits per heavy atom. The first-order valence-electron chi connectivity index (χ1n) is 4.59. The molecule has 0 aliphatic heterocycles. The maximum Gasteiger partial charge on any atom is 0.225 e. The molecule has 0 radical (unpaired) electrons. The van der Waals surface area contributed by atoms with Crippen LogP contribution in [0.4, 0.5) is 5.95 Å². The van der Waals surface area contributed by atoms with E-state index < -0.39 is 0 Å². The number of hydrogen-bond donors (Lipinski definition) is 1. The average Bonchev–Trinajstić information content (AvgIpc) is 2.15. The Labute approximate surface area is 92.7 Å². The smallest absolute Gasteiger partial charge is 0.225 e. The van der Waals surface area contributed by atoms with Gasteiger partial charge in [0, 0.05) is 31.5 Å². The van der Waals surface area contributed by atoms with Crippen molar-refractivity contribution < 1.29 is 0 Å². The number of hydrogen-bond acceptors (Lipinski definition) is 4. The van der Waals surface area contributed by atoms with E-state index in [0.717, 1.165) is 17.0 Å². The summed E-state index contributed by atoms with van der Waals surface area (Å²) < 4.78 is 0.887. The second-order valence-corrected chi connectivity index (χ2v) is 4.19. The zero-order valence-corrected chi connectivity index (χ0v) is 10.0.